The van der Waals surface area contributed by atoms with E-state index in [1.807, 2.05) is 17.8 Å². The number of aryl methyl sites for hydroxylation is 1. The van der Waals surface area contributed by atoms with E-state index in [9.17, 15) is 4.79 Å². The van der Waals surface area contributed by atoms with Gasteiger partial charge >= 0.3 is 0 Å². The molecule has 0 spiro atoms. The monoisotopic (exact) mass is 533 g/mol. The molecule has 0 saturated carbocycles. The second-order valence-electron chi connectivity index (χ2n) is 9.84. The average Bonchev–Trinajstić information content (AvgIpc) is 3.33. The van der Waals surface area contributed by atoms with Crippen LogP contribution in [0, 0.1) is 0 Å². The third kappa shape index (κ3) is 12.4. The van der Waals surface area contributed by atoms with Crippen LogP contribution in [0.15, 0.2) is 31.0 Å². The molecule has 25 radical (unpaired) electrons. The van der Waals surface area contributed by atoms with Crippen LogP contribution in [0.5, 0.6) is 5.75 Å². The van der Waals surface area contributed by atoms with Crippen LogP contribution in [0.2, 0.25) is 0 Å². The summed E-state index contributed by atoms with van der Waals surface area (Å²) in [6.45, 7) is 0.0820. The van der Waals surface area contributed by atoms with E-state index < -0.39 is 63.9 Å². The Balaban J connectivity index is 0.000000374. The SMILES string of the molecule is Cn1cnc(CCl)c1.O=C1COc2cnccc2N1.[B][B]B([B])B(B([B])[B])B(B(B([B])[B])B([B])[B])B(B([B])[B])B([B])[B]. The molecule has 0 saturated heterocycles. The molecule has 0 aliphatic carbocycles. The molecule has 2 aromatic heterocycles. The maximum atomic E-state index is 10.8. The summed E-state index contributed by atoms with van der Waals surface area (Å²) in [5.41, 5.74) is 1.62. The number of nitrogens with zero attached hydrogens (tertiary/aromatic N) is 3. The minimum atomic E-state index is -0.925. The van der Waals surface area contributed by atoms with E-state index in [1.165, 1.54) is 7.06 Å². The Hall–Kier alpha value is -0.586. The number of carbonyl (C=O) groups is 1. The van der Waals surface area contributed by atoms with Gasteiger partial charge in [-0.3, -0.25) is 9.78 Å². The Kier molecular flexibility index (Phi) is 18.5. The number of carbonyl (C=O) groups excluding carboxylic acids is 1. The first kappa shape index (κ1) is 39.4. The molecule has 0 unspecified atom stereocenters. The predicted octanol–water partition coefficient (Wildman–Crippen LogP) is -7.19. The summed E-state index contributed by atoms with van der Waals surface area (Å²) in [6.07, 6.45) is -1.21. The van der Waals surface area contributed by atoms with Gasteiger partial charge in [0.05, 0.1) is 29.8 Å². The lowest BCUT2D eigenvalue weighted by molar-refractivity contribution is -0.118. The van der Waals surface area contributed by atoms with Gasteiger partial charge in [-0.05, 0) is 6.07 Å². The maximum absolute atomic E-state index is 10.8. The fourth-order valence-corrected chi connectivity index (χ4v) is 4.81. The van der Waals surface area contributed by atoms with Crippen molar-refractivity contribution in [2.75, 3.05) is 11.9 Å². The number of nitrogens with one attached hydrogen (secondary N) is 1. The van der Waals surface area contributed by atoms with E-state index in [4.69, 9.17) is 109 Å². The van der Waals surface area contributed by atoms with Crippen molar-refractivity contribution in [2.24, 2.45) is 7.05 Å². The highest BCUT2D eigenvalue weighted by atomic mass is 35.5. The average molecular weight is 529 g/mol. The number of hydrogen-bond acceptors (Lipinski definition) is 4. The summed E-state index contributed by atoms with van der Waals surface area (Å²) in [5.74, 6) is 1.01. The smallest absolute Gasteiger partial charge is 0.262 e. The van der Waals surface area contributed by atoms with E-state index in [1.54, 1.807) is 24.8 Å². The number of rotatable bonds is 11. The van der Waals surface area contributed by atoms with Crippen LogP contribution in [-0.2, 0) is 17.7 Å². The van der Waals surface area contributed by atoms with Gasteiger partial charge in [0.15, 0.2) is 12.4 Å². The van der Waals surface area contributed by atoms with Gasteiger partial charge in [-0.1, -0.05) is 0 Å². The summed E-state index contributed by atoms with van der Waals surface area (Å²) in [6, 6.07) is 1.70. The molecular weight excluding hydrogens is 516 g/mol. The van der Waals surface area contributed by atoms with Gasteiger partial charge in [0.2, 0.25) is 0 Å². The Morgan fingerprint density at radius 2 is 1.45 bits per heavy atom. The van der Waals surface area contributed by atoms with Crippen molar-refractivity contribution in [1.82, 2.24) is 14.5 Å². The molecule has 3 heterocycles. The van der Waals surface area contributed by atoms with Gasteiger partial charge in [-0.15, -0.1) is 11.6 Å². The molecule has 3 rings (SSSR count). The molecule has 6 nitrogen and oxygen atoms in total. The summed E-state index contributed by atoms with van der Waals surface area (Å²) in [5, 5.41) is 2.66. The first-order chi connectivity index (χ1) is 19.7. The largest absolute Gasteiger partial charge is 0.480 e. The minimum absolute atomic E-state index is 0.0820. The lowest BCUT2D eigenvalue weighted by Crippen LogP contribution is -2.83. The fourth-order valence-electron chi connectivity index (χ4n) is 4.67. The number of amides is 1. The van der Waals surface area contributed by atoms with Crippen molar-refractivity contribution in [2.45, 2.75) is 5.88 Å². The normalized spacial score (nSPS) is 10.8. The molecule has 0 aromatic carbocycles. The predicted molar refractivity (Wildman–Crippen MR) is 203 cm³/mol. The lowest BCUT2D eigenvalue weighted by Gasteiger charge is -2.45. The molecule has 0 atom stereocenters. The molecule has 1 aliphatic heterocycles. The van der Waals surface area contributed by atoms with Gasteiger partial charge in [0.1, 0.15) is 0 Å². The summed E-state index contributed by atoms with van der Waals surface area (Å²) in [7, 11) is 73.3. The number of hydrogen-bond donors (Lipinski definition) is 1. The van der Waals surface area contributed by atoms with E-state index in [0.717, 1.165) is 5.69 Å². The van der Waals surface area contributed by atoms with E-state index in [-0.39, 0.29) is 12.5 Å². The number of anilines is 1. The first-order valence-corrected chi connectivity index (χ1v) is 13.5. The second-order valence-corrected chi connectivity index (χ2v) is 10.1. The first-order valence-electron chi connectivity index (χ1n) is 12.9. The van der Waals surface area contributed by atoms with Gasteiger partial charge in [0.25, 0.3) is 5.91 Å². The number of fused-ring (bicyclic) bond motifs is 1. The van der Waals surface area contributed by atoms with Crippen molar-refractivity contribution < 1.29 is 9.53 Å². The number of imidazole rings is 1. The maximum Gasteiger partial charge on any atom is 0.262 e. The Labute approximate surface area is 277 Å². The highest BCUT2D eigenvalue weighted by Gasteiger charge is 2.47. The molecule has 1 N–H and O–H groups in total. The van der Waals surface area contributed by atoms with Crippen molar-refractivity contribution in [1.29, 1.82) is 0 Å². The summed E-state index contributed by atoms with van der Waals surface area (Å²) >= 11 is 5.46. The molecule has 1 aliphatic rings. The Bertz CT molecular complexity index is 1030. The zero-order valence-electron chi connectivity index (χ0n) is 23.6. The van der Waals surface area contributed by atoms with Crippen LogP contribution >= 0.6 is 11.6 Å². The number of ether oxygens (including phenoxy) is 1. The van der Waals surface area contributed by atoms with Crippen molar-refractivity contribution in [3.05, 3.63) is 36.7 Å². The van der Waals surface area contributed by atoms with E-state index in [2.05, 4.69) is 15.3 Å². The molecule has 2 aromatic rings. The summed E-state index contributed by atoms with van der Waals surface area (Å²) < 4.78 is 6.93. The molecule has 169 valence electrons. The Morgan fingerprint density at radius 3 is 1.83 bits per heavy atom. The topological polar surface area (TPSA) is 69.0 Å². The molecule has 30 heteroatoms. The van der Waals surface area contributed by atoms with Crippen LogP contribution in [0.3, 0.4) is 0 Å². The van der Waals surface area contributed by atoms with Crippen LogP contribution in [0.4, 0.5) is 5.69 Å². The van der Waals surface area contributed by atoms with Gasteiger partial charge < -0.3 is 14.6 Å². The fraction of sp³-hybridized carbons (Fsp3) is 0.250. The molecule has 1 amide bonds. The zero-order chi connectivity index (χ0) is 32.1. The quantitative estimate of drug-likeness (QED) is 0.232. The number of alkyl halides is 1. The third-order valence-corrected chi connectivity index (χ3v) is 6.81. The van der Waals surface area contributed by atoms with E-state index in [0.29, 0.717) is 17.3 Å². The van der Waals surface area contributed by atoms with E-state index >= 15 is 0 Å². The number of halogens is 1. The van der Waals surface area contributed by atoms with Crippen LogP contribution < -0.4 is 10.1 Å². The van der Waals surface area contributed by atoms with Crippen molar-refractivity contribution in [3.63, 3.8) is 0 Å². The van der Waals surface area contributed by atoms with Gasteiger partial charge in [-0.25, -0.2) is 4.98 Å². The highest BCUT2D eigenvalue weighted by molar-refractivity contribution is 8.22. The highest BCUT2D eigenvalue weighted by Crippen LogP contribution is 2.24. The van der Waals surface area contributed by atoms with Gasteiger partial charge in [0, 0.05) is 183 Å². The van der Waals surface area contributed by atoms with Crippen LogP contribution in [-0.4, -0.2) is 191 Å². The zero-order valence-corrected chi connectivity index (χ0v) is 24.4. The molecule has 42 heavy (non-hydrogen) atoms. The third-order valence-electron chi connectivity index (χ3n) is 6.53. The van der Waals surface area contributed by atoms with Crippen LogP contribution in [0.25, 0.3) is 0 Å². The molecule has 0 fully saturated rings. The van der Waals surface area contributed by atoms with Crippen molar-refractivity contribution >= 4 is 187 Å². The van der Waals surface area contributed by atoms with Crippen molar-refractivity contribution in [3.8, 4) is 5.75 Å². The standard InChI is InChI=1S/C7H6N2O2.C5H7ClN2.B23/c10-7-4-11-6-3-8-2-1-5(6)9-7;1-8-3-5(2-6)7-4-8;1-13-19(12)22(18(10)11)23(20(14(2)3)15(4)5)21(16(6)7)17(8)9/h1-3H,4H2,(H,9,10);3-4H,2H2,1H3;. The number of pyridine rings is 1. The molecule has 0 bridgehead atoms. The van der Waals surface area contributed by atoms with Crippen LogP contribution in [0.1, 0.15) is 5.69 Å². The second kappa shape index (κ2) is 19.7. The lowest BCUT2D eigenvalue weighted by atomic mass is 8.36. The Morgan fingerprint density at radius 1 is 0.929 bits per heavy atom. The molecular formula is C12H13B23ClN4O2. The minimum Gasteiger partial charge on any atom is -0.480 e. The number of aromatic nitrogens is 3. The summed E-state index contributed by atoms with van der Waals surface area (Å²) in [4.78, 5) is 18.6. The van der Waals surface area contributed by atoms with Gasteiger partial charge in [-0.2, -0.15) is 0 Å².